The number of benzene rings is 1. The van der Waals surface area contributed by atoms with Crippen LogP contribution >= 0.6 is 11.3 Å². The quantitative estimate of drug-likeness (QED) is 0.889. The van der Waals surface area contributed by atoms with Crippen molar-refractivity contribution >= 4 is 27.5 Å². The van der Waals surface area contributed by atoms with Crippen LogP contribution in [-0.2, 0) is 0 Å². The van der Waals surface area contributed by atoms with Crippen molar-refractivity contribution in [1.82, 2.24) is 10.3 Å². The number of hydrogen-bond donors (Lipinski definition) is 2. The van der Waals surface area contributed by atoms with Gasteiger partial charge in [-0.2, -0.15) is 0 Å². The van der Waals surface area contributed by atoms with E-state index in [1.54, 1.807) is 17.6 Å². The number of halogens is 2. The van der Waals surface area contributed by atoms with Crippen molar-refractivity contribution in [2.45, 2.75) is 5.92 Å². The molecule has 4 nitrogen and oxygen atoms in total. The second-order valence-corrected chi connectivity index (χ2v) is 4.62. The van der Waals surface area contributed by atoms with Crippen molar-refractivity contribution in [3.05, 3.63) is 29.3 Å². The molecule has 0 bridgehead atoms. The monoisotopic (exact) mass is 272 g/mol. The van der Waals surface area contributed by atoms with Gasteiger partial charge in [0.15, 0.2) is 0 Å². The summed E-state index contributed by atoms with van der Waals surface area (Å²) in [5.41, 5.74) is 2.70. The minimum atomic E-state index is -3.30. The van der Waals surface area contributed by atoms with Crippen LogP contribution in [0.25, 0.3) is 10.2 Å². The van der Waals surface area contributed by atoms with E-state index < -0.39 is 25.0 Å². The predicted molar refractivity (Wildman–Crippen MR) is 64.0 cm³/mol. The third-order valence-corrected chi connectivity index (χ3v) is 3.12. The SMILES string of the molecule is O=C(NCC(F)(F)CO)c1ccc2ncsc2c1. The van der Waals surface area contributed by atoms with Crippen LogP contribution in [0.2, 0.25) is 0 Å². The Kier molecular flexibility index (Phi) is 3.53. The van der Waals surface area contributed by atoms with Gasteiger partial charge >= 0.3 is 0 Å². The minimum Gasteiger partial charge on any atom is -0.390 e. The van der Waals surface area contributed by atoms with Crippen molar-refractivity contribution in [2.24, 2.45) is 0 Å². The number of carbonyl (C=O) groups is 1. The van der Waals surface area contributed by atoms with E-state index in [0.717, 1.165) is 10.2 Å². The highest BCUT2D eigenvalue weighted by Crippen LogP contribution is 2.19. The van der Waals surface area contributed by atoms with Gasteiger partial charge in [0.2, 0.25) is 0 Å². The number of nitrogens with one attached hydrogen (secondary N) is 1. The van der Waals surface area contributed by atoms with Gasteiger partial charge in [-0.05, 0) is 18.2 Å². The third kappa shape index (κ3) is 2.80. The van der Waals surface area contributed by atoms with E-state index in [1.807, 2.05) is 0 Å². The molecule has 0 saturated heterocycles. The molecule has 1 amide bonds. The second-order valence-electron chi connectivity index (χ2n) is 3.73. The molecule has 0 fully saturated rings. The van der Waals surface area contributed by atoms with Crippen molar-refractivity contribution in [3.63, 3.8) is 0 Å². The Morgan fingerprint density at radius 1 is 1.50 bits per heavy atom. The van der Waals surface area contributed by atoms with Crippen LogP contribution in [0.1, 0.15) is 10.4 Å². The molecule has 2 aromatic rings. The summed E-state index contributed by atoms with van der Waals surface area (Å²) in [6.07, 6.45) is 0. The standard InChI is InChI=1S/C11H10F2N2O2S/c12-11(13,5-16)4-14-10(17)7-1-2-8-9(3-7)18-6-15-8/h1-3,6,16H,4-5H2,(H,14,17). The number of amides is 1. The maximum Gasteiger partial charge on any atom is 0.287 e. The molecule has 0 aliphatic rings. The van der Waals surface area contributed by atoms with E-state index in [0.29, 0.717) is 5.56 Å². The normalized spacial score (nSPS) is 11.7. The zero-order valence-electron chi connectivity index (χ0n) is 9.19. The number of thiazole rings is 1. The Morgan fingerprint density at radius 2 is 2.28 bits per heavy atom. The van der Waals surface area contributed by atoms with Crippen molar-refractivity contribution in [2.75, 3.05) is 13.2 Å². The summed E-state index contributed by atoms with van der Waals surface area (Å²) in [7, 11) is 0. The number of carbonyl (C=O) groups excluding carboxylic acids is 1. The Balaban J connectivity index is 2.08. The molecule has 18 heavy (non-hydrogen) atoms. The van der Waals surface area contributed by atoms with Crippen molar-refractivity contribution in [3.8, 4) is 0 Å². The number of rotatable bonds is 4. The fourth-order valence-corrected chi connectivity index (χ4v) is 2.08. The Hall–Kier alpha value is -1.60. The van der Waals surface area contributed by atoms with Gasteiger partial charge < -0.3 is 10.4 Å². The Labute approximate surface area is 105 Å². The van der Waals surface area contributed by atoms with Crippen LogP contribution in [-0.4, -0.2) is 35.1 Å². The summed E-state index contributed by atoms with van der Waals surface area (Å²) < 4.78 is 26.3. The van der Waals surface area contributed by atoms with Crippen LogP contribution in [0.4, 0.5) is 8.78 Å². The van der Waals surface area contributed by atoms with Crippen molar-refractivity contribution in [1.29, 1.82) is 0 Å². The highest BCUT2D eigenvalue weighted by molar-refractivity contribution is 7.16. The van der Waals surface area contributed by atoms with Crippen LogP contribution in [0.3, 0.4) is 0 Å². The number of alkyl halides is 2. The summed E-state index contributed by atoms with van der Waals surface area (Å²) in [4.78, 5) is 15.7. The average molecular weight is 272 g/mol. The molecular formula is C11H10F2N2O2S. The van der Waals surface area contributed by atoms with Crippen molar-refractivity contribution < 1.29 is 18.7 Å². The first-order valence-corrected chi connectivity index (χ1v) is 6.00. The van der Waals surface area contributed by atoms with Crippen LogP contribution in [0, 0.1) is 0 Å². The van der Waals surface area contributed by atoms with Crippen LogP contribution in [0.15, 0.2) is 23.7 Å². The molecule has 0 aliphatic heterocycles. The molecule has 96 valence electrons. The molecule has 2 N–H and O–H groups in total. The smallest absolute Gasteiger partial charge is 0.287 e. The first-order valence-electron chi connectivity index (χ1n) is 5.12. The Bertz CT molecular complexity index is 571. The molecule has 0 spiro atoms. The molecule has 1 aromatic carbocycles. The molecule has 0 aliphatic carbocycles. The highest BCUT2D eigenvalue weighted by Gasteiger charge is 2.28. The van der Waals surface area contributed by atoms with Gasteiger partial charge in [-0.1, -0.05) is 0 Å². The fraction of sp³-hybridized carbons (Fsp3) is 0.273. The van der Waals surface area contributed by atoms with Gasteiger partial charge in [-0.25, -0.2) is 13.8 Å². The van der Waals surface area contributed by atoms with Gasteiger partial charge in [0, 0.05) is 5.56 Å². The minimum absolute atomic E-state index is 0.292. The molecule has 0 atom stereocenters. The van der Waals surface area contributed by atoms with E-state index in [-0.39, 0.29) is 0 Å². The first-order chi connectivity index (χ1) is 8.52. The number of fused-ring (bicyclic) bond motifs is 1. The number of aliphatic hydroxyl groups excluding tert-OH is 1. The lowest BCUT2D eigenvalue weighted by atomic mass is 10.2. The van der Waals surface area contributed by atoms with Gasteiger partial charge in [0.1, 0.15) is 6.61 Å². The van der Waals surface area contributed by atoms with Crippen LogP contribution in [0.5, 0.6) is 0 Å². The van der Waals surface area contributed by atoms with E-state index in [1.165, 1.54) is 17.4 Å². The first kappa shape index (κ1) is 12.8. The van der Waals surface area contributed by atoms with Gasteiger partial charge in [0.05, 0.1) is 22.3 Å². The average Bonchev–Trinajstić information content (AvgIpc) is 2.83. The van der Waals surface area contributed by atoms with Gasteiger partial charge in [0.25, 0.3) is 11.8 Å². The summed E-state index contributed by atoms with van der Waals surface area (Å²) in [5.74, 6) is -3.90. The lowest BCUT2D eigenvalue weighted by Gasteiger charge is -2.13. The number of aliphatic hydroxyl groups is 1. The molecule has 0 saturated carbocycles. The number of nitrogens with zero attached hydrogens (tertiary/aromatic N) is 1. The summed E-state index contributed by atoms with van der Waals surface area (Å²) in [5, 5.41) is 10.5. The summed E-state index contributed by atoms with van der Waals surface area (Å²) in [6.45, 7) is -2.18. The zero-order chi connectivity index (χ0) is 13.2. The lowest BCUT2D eigenvalue weighted by Crippen LogP contribution is -2.38. The van der Waals surface area contributed by atoms with E-state index in [2.05, 4.69) is 10.3 Å². The molecule has 0 radical (unpaired) electrons. The summed E-state index contributed by atoms with van der Waals surface area (Å²) >= 11 is 1.37. The molecule has 1 heterocycles. The molecule has 2 rings (SSSR count). The van der Waals surface area contributed by atoms with E-state index in [4.69, 9.17) is 5.11 Å². The second kappa shape index (κ2) is 4.95. The molecule has 1 aromatic heterocycles. The summed E-state index contributed by atoms with van der Waals surface area (Å²) in [6, 6.07) is 4.78. The predicted octanol–water partition coefficient (Wildman–Crippen LogP) is 1.65. The number of hydrogen-bond acceptors (Lipinski definition) is 4. The zero-order valence-corrected chi connectivity index (χ0v) is 10.0. The molecule has 0 unspecified atom stereocenters. The van der Waals surface area contributed by atoms with Crippen LogP contribution < -0.4 is 5.32 Å². The number of aromatic nitrogens is 1. The third-order valence-electron chi connectivity index (χ3n) is 2.33. The molecule has 7 heteroatoms. The topological polar surface area (TPSA) is 62.2 Å². The highest BCUT2D eigenvalue weighted by atomic mass is 32.1. The Morgan fingerprint density at radius 3 is 3.00 bits per heavy atom. The van der Waals surface area contributed by atoms with E-state index in [9.17, 15) is 13.6 Å². The maximum absolute atomic E-state index is 12.8. The fourth-order valence-electron chi connectivity index (χ4n) is 1.36. The van der Waals surface area contributed by atoms with Gasteiger partial charge in [-0.3, -0.25) is 4.79 Å². The lowest BCUT2D eigenvalue weighted by molar-refractivity contribution is -0.0462. The van der Waals surface area contributed by atoms with E-state index >= 15 is 0 Å². The molecular weight excluding hydrogens is 262 g/mol. The maximum atomic E-state index is 12.8. The largest absolute Gasteiger partial charge is 0.390 e. The van der Waals surface area contributed by atoms with Gasteiger partial charge in [-0.15, -0.1) is 11.3 Å².